The molecule has 1 rings (SSSR count). The Bertz CT molecular complexity index is 441. The standard InChI is InChI=1S/C15H25N3O2/c1-6-11(2)15(3,20)10-17-14(19)12-7-8-13(16-9-12)18(4)5/h7-9,11,20H,6,10H2,1-5H3,(H,17,19). The summed E-state index contributed by atoms with van der Waals surface area (Å²) in [6.07, 6.45) is 2.41. The van der Waals surface area contributed by atoms with Crippen LogP contribution in [0.15, 0.2) is 18.3 Å². The van der Waals surface area contributed by atoms with Gasteiger partial charge >= 0.3 is 0 Å². The van der Waals surface area contributed by atoms with Crippen LogP contribution in [0.1, 0.15) is 37.6 Å². The van der Waals surface area contributed by atoms with Crippen LogP contribution in [-0.2, 0) is 0 Å². The van der Waals surface area contributed by atoms with Gasteiger partial charge in [-0.2, -0.15) is 0 Å². The summed E-state index contributed by atoms with van der Waals surface area (Å²) >= 11 is 0. The Hall–Kier alpha value is -1.62. The first kappa shape index (κ1) is 16.4. The molecule has 0 aliphatic carbocycles. The minimum absolute atomic E-state index is 0.122. The lowest BCUT2D eigenvalue weighted by atomic mass is 9.88. The maximum Gasteiger partial charge on any atom is 0.252 e. The molecule has 1 aromatic rings. The normalized spacial score (nSPS) is 15.3. The van der Waals surface area contributed by atoms with Crippen LogP contribution in [0.4, 0.5) is 5.82 Å². The smallest absolute Gasteiger partial charge is 0.252 e. The Kier molecular flexibility index (Phi) is 5.51. The largest absolute Gasteiger partial charge is 0.388 e. The van der Waals surface area contributed by atoms with Crippen LogP contribution < -0.4 is 10.2 Å². The fraction of sp³-hybridized carbons (Fsp3) is 0.600. The highest BCUT2D eigenvalue weighted by Gasteiger charge is 2.27. The summed E-state index contributed by atoms with van der Waals surface area (Å²) in [6.45, 7) is 5.97. The molecule has 0 radical (unpaired) electrons. The summed E-state index contributed by atoms with van der Waals surface area (Å²) in [5, 5.41) is 13.0. The second-order valence-electron chi connectivity index (χ2n) is 5.65. The second kappa shape index (κ2) is 6.70. The van der Waals surface area contributed by atoms with E-state index in [2.05, 4.69) is 10.3 Å². The van der Waals surface area contributed by atoms with Gasteiger partial charge < -0.3 is 15.3 Å². The molecule has 112 valence electrons. The number of amides is 1. The monoisotopic (exact) mass is 279 g/mol. The summed E-state index contributed by atoms with van der Waals surface area (Å²) in [6, 6.07) is 3.53. The molecule has 0 spiro atoms. The molecule has 1 aromatic heterocycles. The van der Waals surface area contributed by atoms with Crippen molar-refractivity contribution >= 4 is 11.7 Å². The van der Waals surface area contributed by atoms with Gasteiger partial charge in [-0.1, -0.05) is 20.3 Å². The van der Waals surface area contributed by atoms with E-state index < -0.39 is 5.60 Å². The fourth-order valence-electron chi connectivity index (χ4n) is 1.76. The molecule has 0 aliphatic heterocycles. The number of hydrogen-bond acceptors (Lipinski definition) is 4. The molecule has 2 atom stereocenters. The van der Waals surface area contributed by atoms with E-state index in [9.17, 15) is 9.90 Å². The minimum atomic E-state index is -0.901. The van der Waals surface area contributed by atoms with E-state index in [1.54, 1.807) is 25.3 Å². The molecule has 0 aromatic carbocycles. The Morgan fingerprint density at radius 3 is 2.60 bits per heavy atom. The number of nitrogens with zero attached hydrogens (tertiary/aromatic N) is 2. The number of aliphatic hydroxyl groups is 1. The number of carbonyl (C=O) groups excluding carboxylic acids is 1. The highest BCUT2D eigenvalue weighted by atomic mass is 16.3. The van der Waals surface area contributed by atoms with Gasteiger partial charge in [0.2, 0.25) is 0 Å². The van der Waals surface area contributed by atoms with Crippen molar-refractivity contribution in [3.63, 3.8) is 0 Å². The van der Waals surface area contributed by atoms with E-state index >= 15 is 0 Å². The van der Waals surface area contributed by atoms with E-state index in [1.165, 1.54) is 0 Å². The predicted molar refractivity (Wildman–Crippen MR) is 81.0 cm³/mol. The molecule has 0 saturated heterocycles. The van der Waals surface area contributed by atoms with E-state index in [-0.39, 0.29) is 18.4 Å². The molecule has 20 heavy (non-hydrogen) atoms. The Morgan fingerprint density at radius 2 is 2.15 bits per heavy atom. The highest BCUT2D eigenvalue weighted by molar-refractivity contribution is 5.94. The Morgan fingerprint density at radius 1 is 1.50 bits per heavy atom. The van der Waals surface area contributed by atoms with Gasteiger partial charge in [-0.3, -0.25) is 4.79 Å². The maximum absolute atomic E-state index is 12.0. The summed E-state index contributed by atoms with van der Waals surface area (Å²) < 4.78 is 0. The van der Waals surface area contributed by atoms with Gasteiger partial charge in [0.05, 0.1) is 11.2 Å². The summed E-state index contributed by atoms with van der Waals surface area (Å²) in [7, 11) is 3.79. The van der Waals surface area contributed by atoms with Crippen LogP contribution in [-0.4, -0.2) is 42.2 Å². The third-order valence-electron chi connectivity index (χ3n) is 3.75. The van der Waals surface area contributed by atoms with Crippen LogP contribution in [0, 0.1) is 5.92 Å². The van der Waals surface area contributed by atoms with E-state index in [0.717, 1.165) is 12.2 Å². The zero-order chi connectivity index (χ0) is 15.3. The van der Waals surface area contributed by atoms with E-state index in [1.807, 2.05) is 32.8 Å². The number of pyridine rings is 1. The summed E-state index contributed by atoms with van der Waals surface area (Å²) in [4.78, 5) is 18.1. The van der Waals surface area contributed by atoms with Gasteiger partial charge in [0, 0.05) is 26.8 Å². The minimum Gasteiger partial charge on any atom is -0.388 e. The summed E-state index contributed by atoms with van der Waals surface area (Å²) in [5.41, 5.74) is -0.405. The van der Waals surface area contributed by atoms with Crippen molar-refractivity contribution in [1.29, 1.82) is 0 Å². The SMILES string of the molecule is CCC(C)C(C)(O)CNC(=O)c1ccc(N(C)C)nc1. The molecule has 1 amide bonds. The Labute approximate surface area is 121 Å². The summed E-state index contributed by atoms with van der Waals surface area (Å²) in [5.74, 6) is 0.705. The lowest BCUT2D eigenvalue weighted by Crippen LogP contribution is -2.45. The van der Waals surface area contributed by atoms with E-state index in [4.69, 9.17) is 0 Å². The molecular weight excluding hydrogens is 254 g/mol. The number of nitrogens with one attached hydrogen (secondary N) is 1. The lowest BCUT2D eigenvalue weighted by Gasteiger charge is -2.29. The number of anilines is 1. The van der Waals surface area contributed by atoms with Crippen LogP contribution in [0.3, 0.4) is 0 Å². The molecule has 5 heteroatoms. The highest BCUT2D eigenvalue weighted by Crippen LogP contribution is 2.19. The first-order chi connectivity index (χ1) is 9.27. The van der Waals surface area contributed by atoms with Crippen molar-refractivity contribution in [3.8, 4) is 0 Å². The zero-order valence-electron chi connectivity index (χ0n) is 13.0. The lowest BCUT2D eigenvalue weighted by molar-refractivity contribution is 0.00592. The fourth-order valence-corrected chi connectivity index (χ4v) is 1.76. The van der Waals surface area contributed by atoms with Crippen molar-refractivity contribution < 1.29 is 9.90 Å². The number of carbonyl (C=O) groups is 1. The van der Waals surface area contributed by atoms with Crippen LogP contribution in [0.25, 0.3) is 0 Å². The average Bonchev–Trinajstić information content (AvgIpc) is 2.43. The molecule has 0 bridgehead atoms. The molecule has 0 fully saturated rings. The number of hydrogen-bond donors (Lipinski definition) is 2. The topological polar surface area (TPSA) is 65.5 Å². The molecular formula is C15H25N3O2. The van der Waals surface area contributed by atoms with Crippen LogP contribution >= 0.6 is 0 Å². The quantitative estimate of drug-likeness (QED) is 0.831. The molecule has 0 aliphatic rings. The van der Waals surface area contributed by atoms with Gasteiger partial charge in [-0.15, -0.1) is 0 Å². The average molecular weight is 279 g/mol. The van der Waals surface area contributed by atoms with Crippen molar-refractivity contribution in [2.75, 3.05) is 25.5 Å². The van der Waals surface area contributed by atoms with Gasteiger partial charge in [0.1, 0.15) is 5.82 Å². The number of rotatable bonds is 6. The molecule has 2 unspecified atom stereocenters. The molecule has 1 heterocycles. The first-order valence-electron chi connectivity index (χ1n) is 6.92. The van der Waals surface area contributed by atoms with Gasteiger partial charge in [-0.25, -0.2) is 4.98 Å². The van der Waals surface area contributed by atoms with Crippen LogP contribution in [0.5, 0.6) is 0 Å². The maximum atomic E-state index is 12.0. The van der Waals surface area contributed by atoms with Crippen molar-refractivity contribution in [2.45, 2.75) is 32.8 Å². The van der Waals surface area contributed by atoms with Gasteiger partial charge in [0.25, 0.3) is 5.91 Å². The molecule has 0 saturated carbocycles. The second-order valence-corrected chi connectivity index (χ2v) is 5.65. The zero-order valence-corrected chi connectivity index (χ0v) is 13.0. The van der Waals surface area contributed by atoms with Gasteiger partial charge in [0.15, 0.2) is 0 Å². The Balaban J connectivity index is 2.63. The molecule has 2 N–H and O–H groups in total. The van der Waals surface area contributed by atoms with Gasteiger partial charge in [-0.05, 0) is 25.0 Å². The van der Waals surface area contributed by atoms with Crippen molar-refractivity contribution in [2.24, 2.45) is 5.92 Å². The first-order valence-corrected chi connectivity index (χ1v) is 6.92. The predicted octanol–water partition coefficient (Wildman–Crippen LogP) is 1.67. The van der Waals surface area contributed by atoms with Crippen LogP contribution in [0.2, 0.25) is 0 Å². The van der Waals surface area contributed by atoms with E-state index in [0.29, 0.717) is 5.56 Å². The number of aromatic nitrogens is 1. The molecule has 5 nitrogen and oxygen atoms in total. The third kappa shape index (κ3) is 4.20. The van der Waals surface area contributed by atoms with Crippen molar-refractivity contribution in [3.05, 3.63) is 23.9 Å². The van der Waals surface area contributed by atoms with Crippen molar-refractivity contribution in [1.82, 2.24) is 10.3 Å². The third-order valence-corrected chi connectivity index (χ3v) is 3.75.